The van der Waals surface area contributed by atoms with Gasteiger partial charge >= 0.3 is 6.18 Å². The number of nitrogens with zero attached hydrogens (tertiary/aromatic N) is 3. The van der Waals surface area contributed by atoms with Crippen LogP contribution >= 0.6 is 23.4 Å². The topological polar surface area (TPSA) is 69.0 Å². The van der Waals surface area contributed by atoms with Crippen LogP contribution in [0.3, 0.4) is 0 Å². The number of carbonyl (C=O) groups is 1. The maximum atomic E-state index is 13.0. The van der Waals surface area contributed by atoms with Gasteiger partial charge in [-0.15, -0.1) is 16.8 Å². The molecule has 0 aliphatic carbocycles. The molecule has 0 aliphatic rings. The van der Waals surface area contributed by atoms with E-state index >= 15 is 0 Å². The molecule has 0 aliphatic heterocycles. The third kappa shape index (κ3) is 7.25. The van der Waals surface area contributed by atoms with E-state index < -0.39 is 17.6 Å². The molecule has 6 nitrogen and oxygen atoms in total. The maximum Gasteiger partial charge on any atom is 0.416 e. The Morgan fingerprint density at radius 2 is 1.94 bits per heavy atom. The average Bonchev–Trinajstić information content (AvgIpc) is 3.20. The van der Waals surface area contributed by atoms with Gasteiger partial charge in [0, 0.05) is 12.1 Å². The number of aromatic nitrogens is 3. The van der Waals surface area contributed by atoms with Crippen LogP contribution in [0.15, 0.2) is 60.3 Å². The van der Waals surface area contributed by atoms with E-state index in [4.69, 9.17) is 16.3 Å². The minimum Gasteiger partial charge on any atom is -0.493 e. The lowest BCUT2D eigenvalue weighted by Gasteiger charge is -2.12. The van der Waals surface area contributed by atoms with Gasteiger partial charge in [-0.1, -0.05) is 43.3 Å². The number of ether oxygens (including phenoxy) is 1. The Kier molecular flexibility index (Phi) is 8.85. The van der Waals surface area contributed by atoms with Crippen LogP contribution in [-0.2, 0) is 17.5 Å². The van der Waals surface area contributed by atoms with Crippen molar-refractivity contribution in [3.05, 3.63) is 65.7 Å². The zero-order valence-electron chi connectivity index (χ0n) is 19.1. The van der Waals surface area contributed by atoms with E-state index in [1.165, 1.54) is 0 Å². The summed E-state index contributed by atoms with van der Waals surface area (Å²) in [7, 11) is 0. The SMILES string of the molecule is C=CCn1c(SCC(=O)Nc2cc(C(F)(F)F)ccc2Cl)nnc1-c1ccc(OCC(C)C)cc1. The summed E-state index contributed by atoms with van der Waals surface area (Å²) in [5, 5.41) is 11.3. The quantitative estimate of drug-likeness (QED) is 0.240. The van der Waals surface area contributed by atoms with Gasteiger partial charge in [0.1, 0.15) is 5.75 Å². The second-order valence-corrected chi connectivity index (χ2v) is 9.31. The van der Waals surface area contributed by atoms with Gasteiger partial charge in [-0.3, -0.25) is 9.36 Å². The largest absolute Gasteiger partial charge is 0.493 e. The first-order chi connectivity index (χ1) is 16.6. The molecular formula is C24H24ClF3N4O2S. The number of halogens is 4. The van der Waals surface area contributed by atoms with Gasteiger partial charge in [0.15, 0.2) is 11.0 Å². The number of anilines is 1. The molecule has 1 heterocycles. The lowest BCUT2D eigenvalue weighted by atomic mass is 10.2. The summed E-state index contributed by atoms with van der Waals surface area (Å²) in [6.07, 6.45) is -2.87. The second-order valence-electron chi connectivity index (χ2n) is 7.96. The second kappa shape index (κ2) is 11.6. The van der Waals surface area contributed by atoms with Crippen molar-refractivity contribution in [1.29, 1.82) is 0 Å². The van der Waals surface area contributed by atoms with Crippen LogP contribution in [0.25, 0.3) is 11.4 Å². The smallest absolute Gasteiger partial charge is 0.416 e. The molecular weight excluding hydrogens is 501 g/mol. The van der Waals surface area contributed by atoms with E-state index in [9.17, 15) is 18.0 Å². The molecule has 0 spiro atoms. The van der Waals surface area contributed by atoms with E-state index in [0.717, 1.165) is 41.3 Å². The molecule has 186 valence electrons. The van der Waals surface area contributed by atoms with Gasteiger partial charge < -0.3 is 10.1 Å². The third-order valence-electron chi connectivity index (χ3n) is 4.62. The molecule has 1 aromatic heterocycles. The first kappa shape index (κ1) is 26.6. The van der Waals surface area contributed by atoms with Crippen molar-refractivity contribution in [3.63, 3.8) is 0 Å². The highest BCUT2D eigenvalue weighted by atomic mass is 35.5. The molecule has 11 heteroatoms. The molecule has 1 N–H and O–H groups in total. The van der Waals surface area contributed by atoms with Crippen molar-refractivity contribution in [3.8, 4) is 17.1 Å². The van der Waals surface area contributed by atoms with Crippen molar-refractivity contribution in [2.24, 2.45) is 5.92 Å². The molecule has 0 radical (unpaired) electrons. The summed E-state index contributed by atoms with van der Waals surface area (Å²) in [5.74, 6) is 1.11. The number of hydrogen-bond donors (Lipinski definition) is 1. The van der Waals surface area contributed by atoms with E-state index in [2.05, 4.69) is 35.9 Å². The highest BCUT2D eigenvalue weighted by Crippen LogP contribution is 2.34. The number of allylic oxidation sites excluding steroid dienone is 1. The summed E-state index contributed by atoms with van der Waals surface area (Å²) < 4.78 is 46.4. The van der Waals surface area contributed by atoms with Gasteiger partial charge in [0.05, 0.1) is 28.6 Å². The number of hydrogen-bond acceptors (Lipinski definition) is 5. The van der Waals surface area contributed by atoms with Crippen molar-refractivity contribution >= 4 is 35.0 Å². The summed E-state index contributed by atoms with van der Waals surface area (Å²) in [6.45, 7) is 8.91. The molecule has 35 heavy (non-hydrogen) atoms. The van der Waals surface area contributed by atoms with Gasteiger partial charge in [-0.2, -0.15) is 13.2 Å². The van der Waals surface area contributed by atoms with Gasteiger partial charge in [-0.25, -0.2) is 0 Å². The molecule has 0 saturated heterocycles. The Labute approximate surface area is 210 Å². The fourth-order valence-corrected chi connectivity index (χ4v) is 3.89. The zero-order valence-corrected chi connectivity index (χ0v) is 20.7. The van der Waals surface area contributed by atoms with Crippen LogP contribution < -0.4 is 10.1 Å². The van der Waals surface area contributed by atoms with Crippen LogP contribution in [0.4, 0.5) is 18.9 Å². The Balaban J connectivity index is 1.70. The summed E-state index contributed by atoms with van der Waals surface area (Å²) >= 11 is 7.06. The number of carbonyl (C=O) groups excluding carboxylic acids is 1. The minimum absolute atomic E-state index is 0.00859. The summed E-state index contributed by atoms with van der Waals surface area (Å²) in [4.78, 5) is 12.4. The Morgan fingerprint density at radius 3 is 2.57 bits per heavy atom. The minimum atomic E-state index is -4.55. The molecule has 1 amide bonds. The number of benzene rings is 2. The Hall–Kier alpha value is -2.98. The third-order valence-corrected chi connectivity index (χ3v) is 5.92. The molecule has 3 aromatic rings. The number of alkyl halides is 3. The van der Waals surface area contributed by atoms with E-state index in [0.29, 0.717) is 30.1 Å². The number of thioether (sulfide) groups is 1. The highest BCUT2D eigenvalue weighted by molar-refractivity contribution is 7.99. The molecule has 0 atom stereocenters. The van der Waals surface area contributed by atoms with Gasteiger partial charge in [0.2, 0.25) is 5.91 Å². The Bertz CT molecular complexity index is 1180. The fourth-order valence-electron chi connectivity index (χ4n) is 2.98. The predicted octanol–water partition coefficient (Wildman–Crippen LogP) is 6.57. The van der Waals surface area contributed by atoms with Crippen LogP contribution in [0.5, 0.6) is 5.75 Å². The average molecular weight is 525 g/mol. The lowest BCUT2D eigenvalue weighted by Crippen LogP contribution is -2.16. The molecule has 2 aromatic carbocycles. The van der Waals surface area contributed by atoms with Crippen LogP contribution in [-0.4, -0.2) is 33.0 Å². The van der Waals surface area contributed by atoms with Crippen molar-refractivity contribution < 1.29 is 22.7 Å². The van der Waals surface area contributed by atoms with Crippen molar-refractivity contribution in [2.45, 2.75) is 31.7 Å². The van der Waals surface area contributed by atoms with E-state index in [1.807, 2.05) is 24.3 Å². The Morgan fingerprint density at radius 1 is 1.23 bits per heavy atom. The maximum absolute atomic E-state index is 13.0. The predicted molar refractivity (Wildman–Crippen MR) is 132 cm³/mol. The zero-order chi connectivity index (χ0) is 25.6. The monoisotopic (exact) mass is 524 g/mol. The highest BCUT2D eigenvalue weighted by Gasteiger charge is 2.31. The van der Waals surface area contributed by atoms with Crippen LogP contribution in [0.1, 0.15) is 19.4 Å². The van der Waals surface area contributed by atoms with Gasteiger partial charge in [0.25, 0.3) is 0 Å². The normalized spacial score (nSPS) is 11.5. The molecule has 0 saturated carbocycles. The van der Waals surface area contributed by atoms with E-state index in [-0.39, 0.29) is 16.5 Å². The molecule has 0 unspecified atom stereocenters. The standard InChI is InChI=1S/C24H24ClF3N4O2S/c1-4-11-32-22(16-5-8-18(9-6-16)34-13-15(2)3)30-31-23(32)35-14-21(33)29-20-12-17(24(26,27)28)7-10-19(20)25/h4-10,12,15H,1,11,13-14H2,2-3H3,(H,29,33). The van der Waals surface area contributed by atoms with Gasteiger partial charge in [-0.05, 0) is 48.4 Å². The van der Waals surface area contributed by atoms with Crippen LogP contribution in [0.2, 0.25) is 5.02 Å². The lowest BCUT2D eigenvalue weighted by molar-refractivity contribution is -0.137. The van der Waals surface area contributed by atoms with Crippen LogP contribution in [0, 0.1) is 5.92 Å². The number of nitrogens with one attached hydrogen (secondary N) is 1. The molecule has 0 fully saturated rings. The first-order valence-corrected chi connectivity index (χ1v) is 12.0. The number of rotatable bonds is 10. The summed E-state index contributed by atoms with van der Waals surface area (Å²) in [5.41, 5.74) is -0.204. The molecule has 0 bridgehead atoms. The molecule has 3 rings (SSSR count). The fraction of sp³-hybridized carbons (Fsp3) is 0.292. The van der Waals surface area contributed by atoms with E-state index in [1.54, 1.807) is 10.6 Å². The van der Waals surface area contributed by atoms with Crippen molar-refractivity contribution in [2.75, 3.05) is 17.7 Å². The first-order valence-electron chi connectivity index (χ1n) is 10.6. The van der Waals surface area contributed by atoms with Crippen molar-refractivity contribution in [1.82, 2.24) is 14.8 Å². The number of amides is 1. The summed E-state index contributed by atoms with van der Waals surface area (Å²) in [6, 6.07) is 10.2.